The molecule has 1 fully saturated rings. The van der Waals surface area contributed by atoms with Crippen LogP contribution in [0.25, 0.3) is 0 Å². The third-order valence-corrected chi connectivity index (χ3v) is 4.19. The van der Waals surface area contributed by atoms with Crippen molar-refractivity contribution in [3.05, 3.63) is 34.1 Å². The zero-order valence-electron chi connectivity index (χ0n) is 10.4. The highest BCUT2D eigenvalue weighted by molar-refractivity contribution is 9.10. The fourth-order valence-corrected chi connectivity index (χ4v) is 2.48. The van der Waals surface area contributed by atoms with Gasteiger partial charge < -0.3 is 5.32 Å². The Morgan fingerprint density at radius 3 is 2.78 bits per heavy atom. The van der Waals surface area contributed by atoms with Crippen LogP contribution in [-0.4, -0.2) is 12.5 Å². The van der Waals surface area contributed by atoms with Crippen LogP contribution in [-0.2, 0) is 0 Å². The number of carbonyl (C=O) groups excluding carboxylic acids is 1. The monoisotopic (exact) mass is 313 g/mol. The lowest BCUT2D eigenvalue weighted by atomic mass is 10.0. The second-order valence-electron chi connectivity index (χ2n) is 5.06. The first-order valence-electron chi connectivity index (χ1n) is 6.29. The first-order chi connectivity index (χ1) is 8.56. The van der Waals surface area contributed by atoms with E-state index in [-0.39, 0.29) is 5.91 Å². The molecule has 1 amide bonds. The minimum absolute atomic E-state index is 0.191. The van der Waals surface area contributed by atoms with E-state index < -0.39 is 5.82 Å². The molecule has 0 unspecified atom stereocenters. The van der Waals surface area contributed by atoms with Crippen LogP contribution in [0.4, 0.5) is 4.39 Å². The van der Waals surface area contributed by atoms with Gasteiger partial charge in [0.25, 0.3) is 5.91 Å². The zero-order chi connectivity index (χ0) is 13.2. The summed E-state index contributed by atoms with van der Waals surface area (Å²) in [7, 11) is 0. The Hall–Kier alpha value is -0.900. The maximum absolute atomic E-state index is 13.3. The number of halogens is 2. The van der Waals surface area contributed by atoms with Gasteiger partial charge in [0, 0.05) is 12.1 Å². The maximum Gasteiger partial charge on any atom is 0.251 e. The van der Waals surface area contributed by atoms with E-state index in [0.717, 1.165) is 12.8 Å². The Morgan fingerprint density at radius 2 is 2.22 bits per heavy atom. The van der Waals surface area contributed by atoms with Gasteiger partial charge in [0.15, 0.2) is 0 Å². The molecule has 0 spiro atoms. The molecule has 0 saturated heterocycles. The summed E-state index contributed by atoms with van der Waals surface area (Å²) in [5.74, 6) is -0.596. The van der Waals surface area contributed by atoms with Gasteiger partial charge in [-0.15, -0.1) is 0 Å². The molecule has 18 heavy (non-hydrogen) atoms. The Labute approximate surface area is 115 Å². The first-order valence-corrected chi connectivity index (χ1v) is 7.09. The summed E-state index contributed by atoms with van der Waals surface area (Å²) in [6, 6.07) is 4.45. The smallest absolute Gasteiger partial charge is 0.251 e. The van der Waals surface area contributed by atoms with Crippen molar-refractivity contribution in [2.75, 3.05) is 6.54 Å². The van der Waals surface area contributed by atoms with E-state index >= 15 is 0 Å². The largest absolute Gasteiger partial charge is 0.351 e. The van der Waals surface area contributed by atoms with Gasteiger partial charge in [0.05, 0.1) is 4.47 Å². The zero-order valence-corrected chi connectivity index (χ0v) is 12.0. The van der Waals surface area contributed by atoms with E-state index in [2.05, 4.69) is 28.2 Å². The average Bonchev–Trinajstić information content (AvgIpc) is 3.11. The number of carbonyl (C=O) groups is 1. The summed E-state index contributed by atoms with van der Waals surface area (Å²) < 4.78 is 13.7. The van der Waals surface area contributed by atoms with Crippen molar-refractivity contribution in [1.29, 1.82) is 0 Å². The molecular formula is C14H17BrFNO. The molecule has 0 bridgehead atoms. The highest BCUT2D eigenvalue weighted by Crippen LogP contribution is 2.48. The quantitative estimate of drug-likeness (QED) is 0.877. The third-order valence-electron chi connectivity index (χ3n) is 3.54. The second-order valence-corrected chi connectivity index (χ2v) is 5.92. The Kier molecular flexibility index (Phi) is 4.05. The average molecular weight is 314 g/mol. The molecule has 0 aromatic heterocycles. The van der Waals surface area contributed by atoms with Crippen molar-refractivity contribution < 1.29 is 9.18 Å². The van der Waals surface area contributed by atoms with E-state index in [1.165, 1.54) is 18.9 Å². The van der Waals surface area contributed by atoms with Crippen LogP contribution in [0.3, 0.4) is 0 Å². The Balaban J connectivity index is 1.93. The van der Waals surface area contributed by atoms with Crippen molar-refractivity contribution in [1.82, 2.24) is 5.32 Å². The molecule has 2 rings (SSSR count). The molecule has 98 valence electrons. The minimum Gasteiger partial charge on any atom is -0.351 e. The standard InChI is InChI=1S/C14H17BrFNO/c1-2-5-14(6-7-14)9-17-13(18)10-3-4-11(15)12(16)8-10/h3-4,8H,2,5-7,9H2,1H3,(H,17,18). The van der Waals surface area contributed by atoms with Gasteiger partial charge in [-0.05, 0) is 58.8 Å². The number of benzene rings is 1. The van der Waals surface area contributed by atoms with Gasteiger partial charge in [0.2, 0.25) is 0 Å². The Morgan fingerprint density at radius 1 is 1.50 bits per heavy atom. The molecule has 0 heterocycles. The van der Waals surface area contributed by atoms with E-state index in [0.29, 0.717) is 22.0 Å². The third kappa shape index (κ3) is 3.10. The minimum atomic E-state index is -0.405. The van der Waals surface area contributed by atoms with Crippen molar-refractivity contribution in [2.45, 2.75) is 32.6 Å². The molecule has 1 aromatic carbocycles. The SMILES string of the molecule is CCCC1(CNC(=O)c2ccc(Br)c(F)c2)CC1. The molecule has 2 nitrogen and oxygen atoms in total. The molecule has 1 saturated carbocycles. The molecule has 1 aliphatic rings. The number of hydrogen-bond acceptors (Lipinski definition) is 1. The van der Waals surface area contributed by atoms with Gasteiger partial charge in [-0.1, -0.05) is 13.3 Å². The second kappa shape index (κ2) is 5.39. The fraction of sp³-hybridized carbons (Fsp3) is 0.500. The lowest BCUT2D eigenvalue weighted by Crippen LogP contribution is -2.30. The normalized spacial score (nSPS) is 16.4. The van der Waals surface area contributed by atoms with Gasteiger partial charge >= 0.3 is 0 Å². The highest BCUT2D eigenvalue weighted by atomic mass is 79.9. The Bertz CT molecular complexity index is 457. The van der Waals surface area contributed by atoms with E-state index in [1.54, 1.807) is 12.1 Å². The van der Waals surface area contributed by atoms with Crippen molar-refractivity contribution in [2.24, 2.45) is 5.41 Å². The van der Waals surface area contributed by atoms with Crippen molar-refractivity contribution in [3.63, 3.8) is 0 Å². The van der Waals surface area contributed by atoms with Gasteiger partial charge in [-0.2, -0.15) is 0 Å². The van der Waals surface area contributed by atoms with Crippen LogP contribution in [0, 0.1) is 11.2 Å². The molecule has 1 aromatic rings. The summed E-state index contributed by atoms with van der Waals surface area (Å²) >= 11 is 3.07. The summed E-state index contributed by atoms with van der Waals surface area (Å²) in [5, 5.41) is 2.91. The van der Waals surface area contributed by atoms with Crippen LogP contribution < -0.4 is 5.32 Å². The molecule has 0 atom stereocenters. The number of nitrogens with one attached hydrogen (secondary N) is 1. The predicted molar refractivity (Wildman–Crippen MR) is 73.0 cm³/mol. The molecule has 1 N–H and O–H groups in total. The van der Waals surface area contributed by atoms with Gasteiger partial charge in [-0.3, -0.25) is 4.79 Å². The van der Waals surface area contributed by atoms with E-state index in [1.807, 2.05) is 0 Å². The maximum atomic E-state index is 13.3. The van der Waals surface area contributed by atoms with E-state index in [4.69, 9.17) is 0 Å². The van der Waals surface area contributed by atoms with Crippen molar-refractivity contribution in [3.8, 4) is 0 Å². The highest BCUT2D eigenvalue weighted by Gasteiger charge is 2.41. The first kappa shape index (κ1) is 13.5. The van der Waals surface area contributed by atoms with Crippen LogP contribution in [0.15, 0.2) is 22.7 Å². The lowest BCUT2D eigenvalue weighted by Gasteiger charge is -2.14. The summed E-state index contributed by atoms with van der Waals surface area (Å²) in [6.07, 6.45) is 4.68. The summed E-state index contributed by atoms with van der Waals surface area (Å²) in [4.78, 5) is 11.9. The molecule has 0 aliphatic heterocycles. The molecular weight excluding hydrogens is 297 g/mol. The summed E-state index contributed by atoms with van der Waals surface area (Å²) in [6.45, 7) is 2.86. The van der Waals surface area contributed by atoms with Crippen LogP contribution in [0.5, 0.6) is 0 Å². The van der Waals surface area contributed by atoms with Crippen LogP contribution in [0.2, 0.25) is 0 Å². The number of hydrogen-bond donors (Lipinski definition) is 1. The number of amides is 1. The molecule has 4 heteroatoms. The van der Waals surface area contributed by atoms with E-state index in [9.17, 15) is 9.18 Å². The molecule has 1 aliphatic carbocycles. The lowest BCUT2D eigenvalue weighted by molar-refractivity contribution is 0.0943. The van der Waals surface area contributed by atoms with Crippen molar-refractivity contribution >= 4 is 21.8 Å². The fourth-order valence-electron chi connectivity index (χ4n) is 2.23. The summed E-state index contributed by atoms with van der Waals surface area (Å²) in [5.41, 5.74) is 0.696. The topological polar surface area (TPSA) is 29.1 Å². The van der Waals surface area contributed by atoms with Crippen LogP contribution >= 0.6 is 15.9 Å². The number of rotatable bonds is 5. The van der Waals surface area contributed by atoms with Crippen LogP contribution in [0.1, 0.15) is 43.0 Å². The predicted octanol–water partition coefficient (Wildman–Crippen LogP) is 3.90. The molecule has 0 radical (unpaired) electrons. The van der Waals surface area contributed by atoms with Gasteiger partial charge in [0.1, 0.15) is 5.82 Å². The van der Waals surface area contributed by atoms with Gasteiger partial charge in [-0.25, -0.2) is 4.39 Å².